The van der Waals surface area contributed by atoms with Crippen molar-refractivity contribution in [3.8, 4) is 0 Å². The summed E-state index contributed by atoms with van der Waals surface area (Å²) in [7, 11) is 0. The maximum Gasteiger partial charge on any atom is 0.242 e. The predicted molar refractivity (Wildman–Crippen MR) is 127 cm³/mol. The van der Waals surface area contributed by atoms with Gasteiger partial charge in [0.1, 0.15) is 6.04 Å². The topological polar surface area (TPSA) is 49.4 Å². The maximum absolute atomic E-state index is 13.1. The molecular weight excluding hydrogens is 416 g/mol. The molecule has 2 rings (SSSR count). The lowest BCUT2D eigenvalue weighted by Gasteiger charge is -2.30. The first-order valence-electron chi connectivity index (χ1n) is 10.4. The molecule has 4 nitrogen and oxygen atoms in total. The standard InChI is InChI=1S/C24H31ClN2O2S/c1-4-13-26-24(29)22(5-2)27(15-19-11-9-18(3)10-12-19)23(28)17-30-16-20-7-6-8-21(25)14-20/h6-12,14,22H,4-5,13,15-17H2,1-3H3,(H,26,29)/t22-/m1/s1. The number of benzene rings is 2. The summed E-state index contributed by atoms with van der Waals surface area (Å²) in [6.07, 6.45) is 1.44. The van der Waals surface area contributed by atoms with Crippen LogP contribution in [0.4, 0.5) is 0 Å². The van der Waals surface area contributed by atoms with Crippen LogP contribution in [0.5, 0.6) is 0 Å². The largest absolute Gasteiger partial charge is 0.354 e. The predicted octanol–water partition coefficient (Wildman–Crippen LogP) is 5.22. The second-order valence-corrected chi connectivity index (χ2v) is 8.77. The van der Waals surface area contributed by atoms with Gasteiger partial charge < -0.3 is 10.2 Å². The zero-order chi connectivity index (χ0) is 21.9. The summed E-state index contributed by atoms with van der Waals surface area (Å²) in [5.74, 6) is 0.903. The SMILES string of the molecule is CCCNC(=O)[C@@H](CC)N(Cc1ccc(C)cc1)C(=O)CSCc1cccc(Cl)c1. The van der Waals surface area contributed by atoms with Gasteiger partial charge in [0.2, 0.25) is 11.8 Å². The van der Waals surface area contributed by atoms with Gasteiger partial charge in [0.05, 0.1) is 5.75 Å². The number of carbonyl (C=O) groups is 2. The fourth-order valence-corrected chi connectivity index (χ4v) is 4.21. The first kappa shape index (κ1) is 24.3. The molecule has 2 aromatic rings. The van der Waals surface area contributed by atoms with Crippen LogP contribution in [-0.2, 0) is 21.9 Å². The van der Waals surface area contributed by atoms with Gasteiger partial charge in [0.25, 0.3) is 0 Å². The van der Waals surface area contributed by atoms with Gasteiger partial charge in [-0.15, -0.1) is 11.8 Å². The van der Waals surface area contributed by atoms with E-state index in [1.54, 1.807) is 16.7 Å². The van der Waals surface area contributed by atoms with Crippen LogP contribution in [0.15, 0.2) is 48.5 Å². The van der Waals surface area contributed by atoms with Gasteiger partial charge in [-0.2, -0.15) is 0 Å². The minimum atomic E-state index is -0.475. The molecule has 0 heterocycles. The average Bonchev–Trinajstić information content (AvgIpc) is 2.73. The number of hydrogen-bond acceptors (Lipinski definition) is 3. The molecule has 0 unspecified atom stereocenters. The Labute approximate surface area is 189 Å². The molecule has 1 atom stereocenters. The Morgan fingerprint density at radius 2 is 1.83 bits per heavy atom. The van der Waals surface area contributed by atoms with Gasteiger partial charge in [0, 0.05) is 23.9 Å². The Bertz CT molecular complexity index is 826. The van der Waals surface area contributed by atoms with Crippen LogP contribution in [0.25, 0.3) is 0 Å². The van der Waals surface area contributed by atoms with E-state index in [2.05, 4.69) is 5.32 Å². The molecule has 0 aromatic heterocycles. The number of rotatable bonds is 11. The van der Waals surface area contributed by atoms with Gasteiger partial charge in [-0.25, -0.2) is 0 Å². The molecule has 0 radical (unpaired) electrons. The number of hydrogen-bond donors (Lipinski definition) is 1. The Hall–Kier alpha value is -1.98. The van der Waals surface area contributed by atoms with Crippen molar-refractivity contribution in [3.05, 3.63) is 70.2 Å². The molecule has 0 saturated heterocycles. The van der Waals surface area contributed by atoms with Gasteiger partial charge in [-0.05, 0) is 43.0 Å². The third-order valence-electron chi connectivity index (χ3n) is 4.79. The van der Waals surface area contributed by atoms with E-state index in [1.807, 2.05) is 69.3 Å². The van der Waals surface area contributed by atoms with E-state index in [9.17, 15) is 9.59 Å². The highest BCUT2D eigenvalue weighted by Crippen LogP contribution is 2.19. The second-order valence-electron chi connectivity index (χ2n) is 7.35. The molecule has 0 bridgehead atoms. The molecule has 162 valence electrons. The summed E-state index contributed by atoms with van der Waals surface area (Å²) < 4.78 is 0. The highest BCUT2D eigenvalue weighted by atomic mass is 35.5. The van der Waals surface area contributed by atoms with Crippen LogP contribution in [0.2, 0.25) is 5.02 Å². The number of amides is 2. The van der Waals surface area contributed by atoms with E-state index in [1.165, 1.54) is 5.56 Å². The molecule has 2 amide bonds. The molecule has 1 N–H and O–H groups in total. The van der Waals surface area contributed by atoms with Crippen molar-refractivity contribution in [1.82, 2.24) is 10.2 Å². The molecule has 2 aromatic carbocycles. The van der Waals surface area contributed by atoms with Gasteiger partial charge in [-0.3, -0.25) is 9.59 Å². The minimum absolute atomic E-state index is 0.0268. The van der Waals surface area contributed by atoms with Gasteiger partial charge in [0.15, 0.2) is 0 Å². The number of aryl methyl sites for hydroxylation is 1. The highest BCUT2D eigenvalue weighted by molar-refractivity contribution is 7.99. The van der Waals surface area contributed by atoms with Gasteiger partial charge >= 0.3 is 0 Å². The second kappa shape index (κ2) is 12.7. The number of halogens is 1. The van der Waals surface area contributed by atoms with Crippen LogP contribution in [0.3, 0.4) is 0 Å². The first-order valence-corrected chi connectivity index (χ1v) is 11.9. The molecule has 0 fully saturated rings. The number of nitrogens with one attached hydrogen (secondary N) is 1. The highest BCUT2D eigenvalue weighted by Gasteiger charge is 2.28. The summed E-state index contributed by atoms with van der Waals surface area (Å²) in [5.41, 5.74) is 3.27. The molecule has 0 saturated carbocycles. The van der Waals surface area contributed by atoms with E-state index in [0.29, 0.717) is 36.0 Å². The Balaban J connectivity index is 2.10. The zero-order valence-electron chi connectivity index (χ0n) is 18.0. The van der Waals surface area contributed by atoms with Crippen molar-refractivity contribution < 1.29 is 9.59 Å². The summed E-state index contributed by atoms with van der Waals surface area (Å²) in [5, 5.41) is 3.64. The van der Waals surface area contributed by atoms with E-state index in [0.717, 1.165) is 17.5 Å². The third kappa shape index (κ3) is 7.69. The van der Waals surface area contributed by atoms with Gasteiger partial charge in [-0.1, -0.05) is 67.4 Å². The quantitative estimate of drug-likeness (QED) is 0.515. The fraction of sp³-hybridized carbons (Fsp3) is 0.417. The molecule has 0 aliphatic carbocycles. The van der Waals surface area contributed by atoms with Crippen molar-refractivity contribution in [2.75, 3.05) is 12.3 Å². The zero-order valence-corrected chi connectivity index (χ0v) is 19.6. The van der Waals surface area contributed by atoms with Crippen molar-refractivity contribution in [2.24, 2.45) is 0 Å². The number of nitrogens with zero attached hydrogens (tertiary/aromatic N) is 1. The molecule has 0 aliphatic heterocycles. The van der Waals surface area contributed by atoms with E-state index < -0.39 is 6.04 Å². The smallest absolute Gasteiger partial charge is 0.242 e. The lowest BCUT2D eigenvalue weighted by Crippen LogP contribution is -2.49. The van der Waals surface area contributed by atoms with E-state index in [4.69, 9.17) is 11.6 Å². The van der Waals surface area contributed by atoms with Crippen LogP contribution < -0.4 is 5.32 Å². The maximum atomic E-state index is 13.1. The molecule has 30 heavy (non-hydrogen) atoms. The molecule has 0 spiro atoms. The molecule has 6 heteroatoms. The Kier molecular flexibility index (Phi) is 10.2. The summed E-state index contributed by atoms with van der Waals surface area (Å²) in [4.78, 5) is 27.6. The fourth-order valence-electron chi connectivity index (χ4n) is 3.14. The monoisotopic (exact) mass is 446 g/mol. The lowest BCUT2D eigenvalue weighted by atomic mass is 10.1. The van der Waals surface area contributed by atoms with E-state index >= 15 is 0 Å². The lowest BCUT2D eigenvalue weighted by molar-refractivity contribution is -0.139. The van der Waals surface area contributed by atoms with Crippen molar-refractivity contribution in [2.45, 2.75) is 52.0 Å². The Morgan fingerprint density at radius 1 is 1.10 bits per heavy atom. The minimum Gasteiger partial charge on any atom is -0.354 e. The normalized spacial score (nSPS) is 11.7. The number of carbonyl (C=O) groups excluding carboxylic acids is 2. The van der Waals surface area contributed by atoms with Crippen LogP contribution >= 0.6 is 23.4 Å². The average molecular weight is 447 g/mol. The number of thioether (sulfide) groups is 1. The summed E-state index contributed by atoms with van der Waals surface area (Å²) >= 11 is 7.59. The van der Waals surface area contributed by atoms with E-state index in [-0.39, 0.29) is 11.8 Å². The molecular formula is C24H31ClN2O2S. The van der Waals surface area contributed by atoms with Crippen molar-refractivity contribution in [1.29, 1.82) is 0 Å². The van der Waals surface area contributed by atoms with Crippen LogP contribution in [0, 0.1) is 6.92 Å². The summed E-state index contributed by atoms with van der Waals surface area (Å²) in [6.45, 7) is 7.04. The summed E-state index contributed by atoms with van der Waals surface area (Å²) in [6, 6.07) is 15.3. The third-order valence-corrected chi connectivity index (χ3v) is 6.02. The first-order chi connectivity index (χ1) is 14.4. The Morgan fingerprint density at radius 3 is 2.47 bits per heavy atom. The van der Waals surface area contributed by atoms with Crippen LogP contribution in [-0.4, -0.2) is 35.1 Å². The van der Waals surface area contributed by atoms with Crippen molar-refractivity contribution >= 4 is 35.2 Å². The van der Waals surface area contributed by atoms with Crippen molar-refractivity contribution in [3.63, 3.8) is 0 Å². The molecule has 0 aliphatic rings. The van der Waals surface area contributed by atoms with Crippen LogP contribution in [0.1, 0.15) is 43.4 Å².